The molecule has 212 valence electrons. The number of amides is 1. The van der Waals surface area contributed by atoms with E-state index in [9.17, 15) is 14.4 Å². The highest BCUT2D eigenvalue weighted by atomic mass is 35.5. The third kappa shape index (κ3) is 4.15. The average Bonchev–Trinajstić information content (AvgIpc) is 3.53. The van der Waals surface area contributed by atoms with Crippen molar-refractivity contribution in [1.29, 1.82) is 0 Å². The van der Waals surface area contributed by atoms with Crippen molar-refractivity contribution in [1.82, 2.24) is 19.6 Å². The first-order chi connectivity index (χ1) is 20.0. The van der Waals surface area contributed by atoms with Crippen LogP contribution in [0.25, 0.3) is 11.4 Å². The van der Waals surface area contributed by atoms with E-state index >= 15 is 0 Å². The Hall–Kier alpha value is -4.31. The molecule has 0 fully saturated rings. The SMILES string of the molecule is CC1=NN(c2ccc(Cl)cc2)C(=O)C1(c1c(C)[nH]n(-c2ccc(Cl)cc2)c1=O)c1c(C)[nH]n(-c2ccc(Cl)cc2)c1=O. The molecule has 3 heterocycles. The molecular weight excluding hydrogens is 599 g/mol. The Morgan fingerprint density at radius 3 is 1.33 bits per heavy atom. The zero-order valence-corrected chi connectivity index (χ0v) is 24.8. The minimum Gasteiger partial charge on any atom is -0.295 e. The zero-order valence-electron chi connectivity index (χ0n) is 22.6. The summed E-state index contributed by atoms with van der Waals surface area (Å²) >= 11 is 18.3. The van der Waals surface area contributed by atoms with E-state index in [0.717, 1.165) is 0 Å². The highest BCUT2D eigenvalue weighted by molar-refractivity contribution is 6.31. The summed E-state index contributed by atoms with van der Waals surface area (Å²) in [6.45, 7) is 5.02. The van der Waals surface area contributed by atoms with Crippen LogP contribution in [0, 0.1) is 13.8 Å². The molecule has 0 spiro atoms. The van der Waals surface area contributed by atoms with Crippen molar-refractivity contribution in [3.05, 3.63) is 131 Å². The molecule has 0 atom stereocenters. The molecule has 9 nitrogen and oxygen atoms in total. The van der Waals surface area contributed by atoms with Gasteiger partial charge < -0.3 is 0 Å². The van der Waals surface area contributed by atoms with Crippen LogP contribution in [-0.2, 0) is 10.2 Å². The maximum absolute atomic E-state index is 14.7. The van der Waals surface area contributed by atoms with Gasteiger partial charge in [-0.05, 0) is 93.6 Å². The molecule has 0 radical (unpaired) electrons. The van der Waals surface area contributed by atoms with Crippen LogP contribution in [0.2, 0.25) is 15.1 Å². The number of hydrogen-bond donors (Lipinski definition) is 2. The predicted octanol–water partition coefficient (Wildman–Crippen LogP) is 5.93. The first-order valence-corrected chi connectivity index (χ1v) is 14.0. The molecule has 2 N–H and O–H groups in total. The fourth-order valence-electron chi connectivity index (χ4n) is 5.56. The maximum atomic E-state index is 14.7. The minimum absolute atomic E-state index is 0.0858. The van der Waals surface area contributed by atoms with Crippen LogP contribution in [0.3, 0.4) is 0 Å². The second-order valence-corrected chi connectivity index (χ2v) is 11.3. The number of carbonyl (C=O) groups is 1. The number of H-pyrrole nitrogens is 2. The average molecular weight is 622 g/mol. The van der Waals surface area contributed by atoms with Gasteiger partial charge in [-0.2, -0.15) is 10.1 Å². The van der Waals surface area contributed by atoms with E-state index in [-0.39, 0.29) is 16.8 Å². The lowest BCUT2D eigenvalue weighted by atomic mass is 9.71. The van der Waals surface area contributed by atoms with E-state index in [2.05, 4.69) is 15.3 Å². The Labute approximate surface area is 254 Å². The minimum atomic E-state index is -1.86. The van der Waals surface area contributed by atoms with E-state index in [0.29, 0.717) is 43.5 Å². The smallest absolute Gasteiger partial charge is 0.276 e. The number of benzene rings is 3. The Balaban J connectivity index is 1.65. The molecule has 0 bridgehead atoms. The fourth-order valence-corrected chi connectivity index (χ4v) is 5.94. The van der Waals surface area contributed by atoms with Crippen LogP contribution < -0.4 is 16.1 Å². The summed E-state index contributed by atoms with van der Waals surface area (Å²) in [5.74, 6) is -0.577. The van der Waals surface area contributed by atoms with Gasteiger partial charge in [-0.3, -0.25) is 24.6 Å². The number of aromatic nitrogens is 4. The van der Waals surface area contributed by atoms with Crippen molar-refractivity contribution in [2.45, 2.75) is 26.2 Å². The van der Waals surface area contributed by atoms with Crippen LogP contribution in [0.5, 0.6) is 0 Å². The molecule has 1 aliphatic rings. The number of hydrazone groups is 1. The first-order valence-electron chi connectivity index (χ1n) is 12.9. The summed E-state index contributed by atoms with van der Waals surface area (Å²) < 4.78 is 2.65. The van der Waals surface area contributed by atoms with Gasteiger partial charge in [0.15, 0.2) is 5.41 Å². The van der Waals surface area contributed by atoms with Gasteiger partial charge in [0.05, 0.1) is 33.9 Å². The molecule has 1 amide bonds. The molecular formula is C30H23Cl3N6O3. The van der Waals surface area contributed by atoms with E-state index in [1.54, 1.807) is 93.6 Å². The van der Waals surface area contributed by atoms with Gasteiger partial charge in [0, 0.05) is 26.5 Å². The molecule has 42 heavy (non-hydrogen) atoms. The van der Waals surface area contributed by atoms with Gasteiger partial charge in [0.1, 0.15) is 0 Å². The quantitative estimate of drug-likeness (QED) is 0.254. The molecule has 12 heteroatoms. The lowest BCUT2D eigenvalue weighted by molar-refractivity contribution is -0.120. The van der Waals surface area contributed by atoms with Crippen molar-refractivity contribution >= 4 is 52.1 Å². The molecule has 0 saturated heterocycles. The zero-order chi connectivity index (χ0) is 29.9. The van der Waals surface area contributed by atoms with Gasteiger partial charge in [-0.25, -0.2) is 9.36 Å². The predicted molar refractivity (Wildman–Crippen MR) is 165 cm³/mol. The van der Waals surface area contributed by atoms with Crippen LogP contribution in [0.15, 0.2) is 87.5 Å². The number of carbonyl (C=O) groups excluding carboxylic acids is 1. The van der Waals surface area contributed by atoms with Crippen LogP contribution in [0.1, 0.15) is 29.4 Å². The van der Waals surface area contributed by atoms with Gasteiger partial charge >= 0.3 is 0 Å². The van der Waals surface area contributed by atoms with Crippen molar-refractivity contribution in [3.63, 3.8) is 0 Å². The van der Waals surface area contributed by atoms with E-state index in [4.69, 9.17) is 34.8 Å². The number of halogens is 3. The second kappa shape index (κ2) is 10.2. The lowest BCUT2D eigenvalue weighted by Crippen LogP contribution is -2.50. The number of aryl methyl sites for hydroxylation is 2. The Kier molecular flexibility index (Phi) is 6.76. The van der Waals surface area contributed by atoms with Crippen molar-refractivity contribution < 1.29 is 4.79 Å². The summed E-state index contributed by atoms with van der Waals surface area (Å²) in [5.41, 5.74) is -0.198. The molecule has 0 aliphatic carbocycles. The summed E-state index contributed by atoms with van der Waals surface area (Å²) in [7, 11) is 0. The molecule has 0 unspecified atom stereocenters. The molecule has 2 aromatic heterocycles. The van der Waals surface area contributed by atoms with Crippen molar-refractivity contribution in [2.24, 2.45) is 5.10 Å². The number of aromatic amines is 2. The largest absolute Gasteiger partial charge is 0.295 e. The summed E-state index contributed by atoms with van der Waals surface area (Å²) in [4.78, 5) is 43.3. The van der Waals surface area contributed by atoms with E-state index in [1.807, 2.05) is 0 Å². The standard InChI is InChI=1S/C30H23Cl3N6O3/c1-16-25(27(40)37(34-16)22-10-4-19(31)5-11-22)30(18(3)36-39(29(30)42)24-14-8-21(33)9-15-24)26-17(2)35-38(28(26)41)23-12-6-20(32)7-13-23/h4-15,34-35H,1-3H3. The number of anilines is 1. The lowest BCUT2D eigenvalue weighted by Gasteiger charge is -2.27. The highest BCUT2D eigenvalue weighted by Gasteiger charge is 2.58. The van der Waals surface area contributed by atoms with Gasteiger partial charge in [0.2, 0.25) is 0 Å². The van der Waals surface area contributed by atoms with E-state index in [1.165, 1.54) is 14.4 Å². The number of hydrogen-bond acceptors (Lipinski definition) is 4. The van der Waals surface area contributed by atoms with Crippen LogP contribution >= 0.6 is 34.8 Å². The van der Waals surface area contributed by atoms with Crippen LogP contribution in [-0.4, -0.2) is 31.2 Å². The Morgan fingerprint density at radius 1 is 0.595 bits per heavy atom. The van der Waals surface area contributed by atoms with Gasteiger partial charge in [-0.1, -0.05) is 34.8 Å². The summed E-state index contributed by atoms with van der Waals surface area (Å²) in [6.07, 6.45) is 0. The monoisotopic (exact) mass is 620 g/mol. The molecule has 0 saturated carbocycles. The molecule has 3 aromatic carbocycles. The number of nitrogens with one attached hydrogen (secondary N) is 2. The van der Waals surface area contributed by atoms with E-state index < -0.39 is 22.4 Å². The molecule has 6 rings (SSSR count). The maximum Gasteiger partial charge on any atom is 0.276 e. The van der Waals surface area contributed by atoms with Crippen LogP contribution in [0.4, 0.5) is 5.69 Å². The topological polar surface area (TPSA) is 108 Å². The summed E-state index contributed by atoms with van der Waals surface area (Å²) in [5, 5.41) is 13.5. The normalized spacial score (nSPS) is 14.5. The fraction of sp³-hybridized carbons (Fsp3) is 0.133. The first kappa shape index (κ1) is 27.8. The Bertz CT molecular complexity index is 1900. The second-order valence-electron chi connectivity index (χ2n) is 9.99. The highest BCUT2D eigenvalue weighted by Crippen LogP contribution is 2.42. The molecule has 5 aromatic rings. The Morgan fingerprint density at radius 2 is 0.952 bits per heavy atom. The summed E-state index contributed by atoms with van der Waals surface area (Å²) in [6, 6.07) is 19.9. The van der Waals surface area contributed by atoms with Crippen molar-refractivity contribution in [2.75, 3.05) is 5.01 Å². The van der Waals surface area contributed by atoms with Crippen molar-refractivity contribution in [3.8, 4) is 11.4 Å². The molecule has 1 aliphatic heterocycles. The number of rotatable bonds is 5. The number of nitrogens with zero attached hydrogens (tertiary/aromatic N) is 4. The van der Waals surface area contributed by atoms with Gasteiger partial charge in [-0.15, -0.1) is 0 Å². The third-order valence-electron chi connectivity index (χ3n) is 7.44. The third-order valence-corrected chi connectivity index (χ3v) is 8.20. The van der Waals surface area contributed by atoms with Gasteiger partial charge in [0.25, 0.3) is 17.0 Å².